The van der Waals surface area contributed by atoms with Gasteiger partial charge < -0.3 is 0 Å². The van der Waals surface area contributed by atoms with Gasteiger partial charge in [-0.25, -0.2) is 9.83 Å². The van der Waals surface area contributed by atoms with Crippen molar-refractivity contribution < 1.29 is 9.63 Å². The first-order valence-corrected chi connectivity index (χ1v) is 2.20. The Morgan fingerprint density at radius 2 is 2.75 bits per heavy atom. The lowest BCUT2D eigenvalue weighted by Crippen LogP contribution is -2.26. The molecule has 0 aliphatic carbocycles. The summed E-state index contributed by atoms with van der Waals surface area (Å²) < 4.78 is 0. The first-order valence-electron chi connectivity index (χ1n) is 2.20. The lowest BCUT2D eigenvalue weighted by atomic mass is 10.3. The molecule has 1 N–H and O–H groups in total. The molecule has 0 spiro atoms. The van der Waals surface area contributed by atoms with Crippen LogP contribution in [0, 0.1) is 0 Å². The molecule has 0 saturated heterocycles. The Kier molecular flexibility index (Phi) is 1.02. The van der Waals surface area contributed by atoms with Crippen LogP contribution in [0.1, 0.15) is 6.92 Å². The standard InChI is InChI=1S/C4H6N2O2/c1-4(2-7)5-3-6-8-4/h2-3H,1H3,(H,5,6). The van der Waals surface area contributed by atoms with Crippen molar-refractivity contribution in [2.45, 2.75) is 12.6 Å². The Balaban J connectivity index is 2.67. The van der Waals surface area contributed by atoms with E-state index in [1.54, 1.807) is 6.92 Å². The first kappa shape index (κ1) is 5.24. The summed E-state index contributed by atoms with van der Waals surface area (Å²) in [5.74, 6) is 0. The molecule has 4 nitrogen and oxygen atoms in total. The van der Waals surface area contributed by atoms with Crippen molar-refractivity contribution in [1.82, 2.24) is 5.48 Å². The molecule has 1 heterocycles. The van der Waals surface area contributed by atoms with Gasteiger partial charge in [-0.05, 0) is 6.92 Å². The summed E-state index contributed by atoms with van der Waals surface area (Å²) in [7, 11) is 0. The van der Waals surface area contributed by atoms with Crippen molar-refractivity contribution in [3.05, 3.63) is 0 Å². The van der Waals surface area contributed by atoms with E-state index in [2.05, 4.69) is 15.3 Å². The second kappa shape index (κ2) is 1.56. The lowest BCUT2D eigenvalue weighted by Gasteiger charge is -2.07. The zero-order valence-electron chi connectivity index (χ0n) is 4.42. The normalized spacial score (nSPS) is 34.6. The maximum Gasteiger partial charge on any atom is 0.238 e. The molecule has 1 rings (SSSR count). The van der Waals surface area contributed by atoms with Crippen LogP contribution in [-0.2, 0) is 9.63 Å². The fourth-order valence-corrected chi connectivity index (χ4v) is 0.381. The molecular formula is C4H6N2O2. The molecule has 0 bridgehead atoms. The molecule has 1 atom stereocenters. The summed E-state index contributed by atoms with van der Waals surface area (Å²) in [6, 6.07) is 0. The molecule has 1 unspecified atom stereocenters. The highest BCUT2D eigenvalue weighted by Gasteiger charge is 2.25. The minimum Gasteiger partial charge on any atom is -0.298 e. The van der Waals surface area contributed by atoms with Crippen LogP contribution >= 0.6 is 0 Å². The fourth-order valence-electron chi connectivity index (χ4n) is 0.381. The number of nitrogens with one attached hydrogen (secondary N) is 1. The van der Waals surface area contributed by atoms with Crippen LogP contribution in [0.25, 0.3) is 0 Å². The molecule has 1 aliphatic rings. The van der Waals surface area contributed by atoms with Crippen molar-refractivity contribution in [2.24, 2.45) is 4.99 Å². The Morgan fingerprint density at radius 1 is 2.00 bits per heavy atom. The summed E-state index contributed by atoms with van der Waals surface area (Å²) in [6.07, 6.45) is 1.97. The largest absolute Gasteiger partial charge is 0.298 e. The second-order valence-corrected chi connectivity index (χ2v) is 1.65. The van der Waals surface area contributed by atoms with Gasteiger partial charge in [0, 0.05) is 0 Å². The Hall–Kier alpha value is -0.900. The van der Waals surface area contributed by atoms with Crippen molar-refractivity contribution >= 4 is 12.6 Å². The quantitative estimate of drug-likeness (QED) is 0.466. The van der Waals surface area contributed by atoms with Gasteiger partial charge in [0.25, 0.3) is 0 Å². The smallest absolute Gasteiger partial charge is 0.238 e. The molecular weight excluding hydrogens is 108 g/mol. The third kappa shape index (κ3) is 0.696. The molecule has 1 aliphatic heterocycles. The van der Waals surface area contributed by atoms with Gasteiger partial charge in [0.1, 0.15) is 6.34 Å². The topological polar surface area (TPSA) is 50.7 Å². The van der Waals surface area contributed by atoms with Gasteiger partial charge in [0.05, 0.1) is 0 Å². The third-order valence-electron chi connectivity index (χ3n) is 0.858. The zero-order valence-corrected chi connectivity index (χ0v) is 4.42. The number of hydroxylamine groups is 1. The van der Waals surface area contributed by atoms with E-state index < -0.39 is 5.72 Å². The van der Waals surface area contributed by atoms with Crippen LogP contribution in [0.5, 0.6) is 0 Å². The van der Waals surface area contributed by atoms with Gasteiger partial charge >= 0.3 is 0 Å². The van der Waals surface area contributed by atoms with E-state index in [-0.39, 0.29) is 0 Å². The molecule has 0 aromatic rings. The van der Waals surface area contributed by atoms with Crippen LogP contribution in [-0.4, -0.2) is 18.3 Å². The van der Waals surface area contributed by atoms with E-state index in [0.29, 0.717) is 6.29 Å². The van der Waals surface area contributed by atoms with Crippen LogP contribution < -0.4 is 5.48 Å². The van der Waals surface area contributed by atoms with Gasteiger partial charge in [-0.1, -0.05) is 0 Å². The molecule has 0 saturated carbocycles. The Bertz CT molecular complexity index is 134. The van der Waals surface area contributed by atoms with Gasteiger partial charge in [-0.3, -0.25) is 10.3 Å². The Morgan fingerprint density at radius 3 is 3.00 bits per heavy atom. The second-order valence-electron chi connectivity index (χ2n) is 1.65. The van der Waals surface area contributed by atoms with Crippen LogP contribution in [0.3, 0.4) is 0 Å². The number of aliphatic imine (C=N–C) groups is 1. The van der Waals surface area contributed by atoms with E-state index in [0.717, 1.165) is 0 Å². The van der Waals surface area contributed by atoms with E-state index in [4.69, 9.17) is 0 Å². The number of nitrogens with zero attached hydrogens (tertiary/aromatic N) is 1. The average molecular weight is 114 g/mol. The van der Waals surface area contributed by atoms with Gasteiger partial charge in [-0.15, -0.1) is 0 Å². The van der Waals surface area contributed by atoms with E-state index in [9.17, 15) is 4.79 Å². The third-order valence-corrected chi connectivity index (χ3v) is 0.858. The summed E-state index contributed by atoms with van der Waals surface area (Å²) >= 11 is 0. The maximum atomic E-state index is 10.1. The number of aldehydes is 1. The number of hydrogen-bond donors (Lipinski definition) is 1. The van der Waals surface area contributed by atoms with Crippen molar-refractivity contribution in [1.29, 1.82) is 0 Å². The summed E-state index contributed by atoms with van der Waals surface area (Å²) in [4.78, 5) is 18.4. The molecule has 4 heteroatoms. The lowest BCUT2D eigenvalue weighted by molar-refractivity contribution is -0.129. The summed E-state index contributed by atoms with van der Waals surface area (Å²) in [5, 5.41) is 0. The number of carbonyl (C=O) groups is 1. The minimum absolute atomic E-state index is 0.628. The van der Waals surface area contributed by atoms with Crippen molar-refractivity contribution in [3.63, 3.8) is 0 Å². The molecule has 0 radical (unpaired) electrons. The monoisotopic (exact) mass is 114 g/mol. The predicted molar refractivity (Wildman–Crippen MR) is 27.2 cm³/mol. The first-order chi connectivity index (χ1) is 3.77. The van der Waals surface area contributed by atoms with E-state index in [1.165, 1.54) is 6.34 Å². The van der Waals surface area contributed by atoms with E-state index >= 15 is 0 Å². The average Bonchev–Trinajstić information content (AvgIpc) is 2.17. The van der Waals surface area contributed by atoms with Crippen molar-refractivity contribution in [2.75, 3.05) is 0 Å². The highest BCUT2D eigenvalue weighted by Crippen LogP contribution is 2.08. The molecule has 0 fully saturated rings. The van der Waals surface area contributed by atoms with Gasteiger partial charge in [-0.2, -0.15) is 0 Å². The summed E-state index contributed by atoms with van der Waals surface area (Å²) in [5.41, 5.74) is 1.35. The van der Waals surface area contributed by atoms with Gasteiger partial charge in [0.15, 0.2) is 6.29 Å². The highest BCUT2D eigenvalue weighted by atomic mass is 16.7. The maximum absolute atomic E-state index is 10.1. The molecule has 44 valence electrons. The Labute approximate surface area is 46.5 Å². The SMILES string of the molecule is CC1(C=O)N=CNO1. The van der Waals surface area contributed by atoms with Crippen molar-refractivity contribution in [3.8, 4) is 0 Å². The number of carbonyl (C=O) groups excluding carboxylic acids is 1. The number of hydrogen-bond acceptors (Lipinski definition) is 4. The van der Waals surface area contributed by atoms with Crippen LogP contribution in [0.4, 0.5) is 0 Å². The molecule has 0 aromatic heterocycles. The van der Waals surface area contributed by atoms with Gasteiger partial charge in [0.2, 0.25) is 5.72 Å². The number of rotatable bonds is 1. The van der Waals surface area contributed by atoms with Crippen LogP contribution in [0.15, 0.2) is 4.99 Å². The molecule has 8 heavy (non-hydrogen) atoms. The summed E-state index contributed by atoms with van der Waals surface area (Å²) in [6.45, 7) is 1.57. The van der Waals surface area contributed by atoms with E-state index in [1.807, 2.05) is 0 Å². The molecule has 0 aromatic carbocycles. The zero-order chi connectivity index (χ0) is 6.04. The van der Waals surface area contributed by atoms with Crippen LogP contribution in [0.2, 0.25) is 0 Å². The highest BCUT2D eigenvalue weighted by molar-refractivity contribution is 5.68. The fraction of sp³-hybridized carbons (Fsp3) is 0.500. The molecule has 0 amide bonds. The predicted octanol–water partition coefficient (Wildman–Crippen LogP) is -0.535. The minimum atomic E-state index is -0.986.